The molecule has 2 N–H and O–H groups in total. The number of carboxylic acids is 1. The smallest absolute Gasteiger partial charge is 0.303 e. The Morgan fingerprint density at radius 3 is 2.30 bits per heavy atom. The average Bonchev–Trinajstić information content (AvgIpc) is 2.63. The van der Waals surface area contributed by atoms with E-state index in [-0.39, 0.29) is 18.1 Å². The van der Waals surface area contributed by atoms with Crippen molar-refractivity contribution >= 4 is 11.8 Å². The Morgan fingerprint density at radius 1 is 0.963 bits per heavy atom. The summed E-state index contributed by atoms with van der Waals surface area (Å²) in [5.41, 5.74) is 1.09. The molecule has 5 heteroatoms. The summed E-state index contributed by atoms with van der Waals surface area (Å²) in [6, 6.07) is 9.86. The lowest BCUT2D eigenvalue weighted by Gasteiger charge is -2.15. The maximum absolute atomic E-state index is 11.8. The minimum atomic E-state index is -0.747. The predicted molar refractivity (Wildman–Crippen MR) is 105 cm³/mol. The second-order valence-electron chi connectivity index (χ2n) is 7.24. The molecule has 0 spiro atoms. The maximum atomic E-state index is 11.8. The molecule has 27 heavy (non-hydrogen) atoms. The standard InChI is InChI=1S/C22H34O5/c1-18(23)20(12-7-2-3-8-15-22(25)26)13-9-14-21(24)17-27-16-19-10-5-4-6-11-19/h4-6,10-11,20-21,24H,2-3,7-9,12-17H2,1H3,(H,25,26). The largest absolute Gasteiger partial charge is 0.481 e. The first kappa shape index (κ1) is 23.3. The number of unbranched alkanes of at least 4 members (excludes halogenated alkanes) is 3. The van der Waals surface area contributed by atoms with Gasteiger partial charge in [0.15, 0.2) is 0 Å². The Hall–Kier alpha value is -1.72. The summed E-state index contributed by atoms with van der Waals surface area (Å²) in [7, 11) is 0. The van der Waals surface area contributed by atoms with E-state index in [4.69, 9.17) is 9.84 Å². The highest BCUT2D eigenvalue weighted by atomic mass is 16.5. The molecule has 0 aliphatic rings. The quantitative estimate of drug-likeness (QED) is 0.417. The second-order valence-corrected chi connectivity index (χ2v) is 7.24. The van der Waals surface area contributed by atoms with Crippen LogP contribution in [0, 0.1) is 5.92 Å². The highest BCUT2D eigenvalue weighted by molar-refractivity contribution is 5.78. The Morgan fingerprint density at radius 2 is 1.63 bits per heavy atom. The van der Waals surface area contributed by atoms with E-state index < -0.39 is 12.1 Å². The molecule has 0 saturated heterocycles. The van der Waals surface area contributed by atoms with E-state index in [1.807, 2.05) is 30.3 Å². The van der Waals surface area contributed by atoms with Gasteiger partial charge in [-0.3, -0.25) is 9.59 Å². The summed E-state index contributed by atoms with van der Waals surface area (Å²) < 4.78 is 5.55. The van der Waals surface area contributed by atoms with Crippen LogP contribution in [0.15, 0.2) is 30.3 Å². The number of carbonyl (C=O) groups excluding carboxylic acids is 1. The van der Waals surface area contributed by atoms with Crippen LogP contribution in [0.3, 0.4) is 0 Å². The summed E-state index contributed by atoms with van der Waals surface area (Å²) in [6.45, 7) is 2.44. The number of hydrogen-bond acceptors (Lipinski definition) is 4. The fourth-order valence-corrected chi connectivity index (χ4v) is 3.14. The lowest BCUT2D eigenvalue weighted by Crippen LogP contribution is -2.17. The van der Waals surface area contributed by atoms with Gasteiger partial charge in [0.05, 0.1) is 19.3 Å². The second kappa shape index (κ2) is 14.4. The van der Waals surface area contributed by atoms with Gasteiger partial charge >= 0.3 is 5.97 Å². The van der Waals surface area contributed by atoms with Gasteiger partial charge in [0.2, 0.25) is 0 Å². The van der Waals surface area contributed by atoms with Crippen LogP contribution in [0.5, 0.6) is 0 Å². The molecule has 5 nitrogen and oxygen atoms in total. The van der Waals surface area contributed by atoms with E-state index in [9.17, 15) is 14.7 Å². The van der Waals surface area contributed by atoms with Crippen molar-refractivity contribution in [1.29, 1.82) is 0 Å². The van der Waals surface area contributed by atoms with Gasteiger partial charge in [-0.2, -0.15) is 0 Å². The monoisotopic (exact) mass is 378 g/mol. The van der Waals surface area contributed by atoms with E-state index in [1.165, 1.54) is 0 Å². The molecule has 1 aromatic carbocycles. The van der Waals surface area contributed by atoms with Crippen molar-refractivity contribution in [3.63, 3.8) is 0 Å². The molecular weight excluding hydrogens is 344 g/mol. The zero-order valence-electron chi connectivity index (χ0n) is 16.4. The van der Waals surface area contributed by atoms with Crippen molar-refractivity contribution in [2.75, 3.05) is 6.61 Å². The van der Waals surface area contributed by atoms with Crippen molar-refractivity contribution in [2.24, 2.45) is 5.92 Å². The van der Waals surface area contributed by atoms with Gasteiger partial charge < -0.3 is 14.9 Å². The van der Waals surface area contributed by atoms with Crippen LogP contribution in [0.2, 0.25) is 0 Å². The van der Waals surface area contributed by atoms with Gasteiger partial charge in [-0.25, -0.2) is 0 Å². The maximum Gasteiger partial charge on any atom is 0.303 e. The van der Waals surface area contributed by atoms with Crippen molar-refractivity contribution in [3.8, 4) is 0 Å². The molecule has 2 unspecified atom stereocenters. The number of hydrogen-bond donors (Lipinski definition) is 2. The van der Waals surface area contributed by atoms with E-state index >= 15 is 0 Å². The van der Waals surface area contributed by atoms with Crippen molar-refractivity contribution in [2.45, 2.75) is 77.4 Å². The predicted octanol–water partition coefficient (Wildman–Crippen LogP) is 4.36. The molecule has 1 rings (SSSR count). The van der Waals surface area contributed by atoms with Gasteiger partial charge in [0.1, 0.15) is 5.78 Å². The highest BCUT2D eigenvalue weighted by Crippen LogP contribution is 2.19. The first-order valence-electron chi connectivity index (χ1n) is 10.0. The van der Waals surface area contributed by atoms with E-state index in [0.29, 0.717) is 26.1 Å². The Labute approximate surface area is 162 Å². The molecule has 152 valence electrons. The third kappa shape index (κ3) is 12.3. The lowest BCUT2D eigenvalue weighted by atomic mass is 9.91. The SMILES string of the molecule is CC(=O)C(CCCCCCC(=O)O)CCCC(O)COCc1ccccc1. The Bertz CT molecular complexity index is 529. The van der Waals surface area contributed by atoms with Gasteiger partial charge in [0.25, 0.3) is 0 Å². The number of Topliss-reactive ketones (excluding diaryl/α,β-unsaturated/α-hetero) is 1. The number of carboxylic acid groups (broad SMARTS) is 1. The van der Waals surface area contributed by atoms with Crippen LogP contribution in [0.1, 0.15) is 70.3 Å². The topological polar surface area (TPSA) is 83.8 Å². The van der Waals surface area contributed by atoms with E-state index in [1.54, 1.807) is 6.92 Å². The molecule has 0 saturated carbocycles. The van der Waals surface area contributed by atoms with E-state index in [2.05, 4.69) is 0 Å². The van der Waals surface area contributed by atoms with Gasteiger partial charge in [-0.1, -0.05) is 56.0 Å². The summed E-state index contributed by atoms with van der Waals surface area (Å²) in [5, 5.41) is 18.6. The summed E-state index contributed by atoms with van der Waals surface area (Å²) >= 11 is 0. The summed E-state index contributed by atoms with van der Waals surface area (Å²) in [4.78, 5) is 22.3. The molecular formula is C22H34O5. The zero-order chi connectivity index (χ0) is 19.9. The van der Waals surface area contributed by atoms with Crippen molar-refractivity contribution < 1.29 is 24.5 Å². The molecule has 0 bridgehead atoms. The zero-order valence-corrected chi connectivity index (χ0v) is 16.4. The van der Waals surface area contributed by atoms with Crippen LogP contribution in [0.25, 0.3) is 0 Å². The third-order valence-electron chi connectivity index (χ3n) is 4.78. The number of aliphatic hydroxyl groups excluding tert-OH is 1. The molecule has 0 heterocycles. The molecule has 1 aromatic rings. The first-order valence-corrected chi connectivity index (χ1v) is 10.0. The molecule has 0 radical (unpaired) electrons. The van der Waals surface area contributed by atoms with E-state index in [0.717, 1.165) is 44.1 Å². The highest BCUT2D eigenvalue weighted by Gasteiger charge is 2.15. The molecule has 0 fully saturated rings. The minimum absolute atomic E-state index is 0.0434. The van der Waals surface area contributed by atoms with Gasteiger partial charge in [0, 0.05) is 12.3 Å². The van der Waals surface area contributed by atoms with Crippen LogP contribution >= 0.6 is 0 Å². The van der Waals surface area contributed by atoms with Gasteiger partial charge in [-0.05, 0) is 38.2 Å². The van der Waals surface area contributed by atoms with Crippen molar-refractivity contribution in [1.82, 2.24) is 0 Å². The number of ether oxygens (including phenoxy) is 1. The fraction of sp³-hybridized carbons (Fsp3) is 0.636. The Balaban J connectivity index is 2.10. The average molecular weight is 379 g/mol. The summed E-state index contributed by atoms with van der Waals surface area (Å²) in [5.74, 6) is -0.500. The van der Waals surface area contributed by atoms with Crippen molar-refractivity contribution in [3.05, 3.63) is 35.9 Å². The van der Waals surface area contributed by atoms with Crippen LogP contribution in [0.4, 0.5) is 0 Å². The molecule has 0 amide bonds. The first-order chi connectivity index (χ1) is 13.0. The van der Waals surface area contributed by atoms with Crippen LogP contribution in [-0.2, 0) is 20.9 Å². The third-order valence-corrected chi connectivity index (χ3v) is 4.78. The molecule has 0 aromatic heterocycles. The molecule has 2 atom stereocenters. The number of benzene rings is 1. The number of rotatable bonds is 16. The summed E-state index contributed by atoms with van der Waals surface area (Å²) in [6.07, 6.45) is 6.32. The number of aliphatic hydroxyl groups is 1. The van der Waals surface area contributed by atoms with Gasteiger partial charge in [-0.15, -0.1) is 0 Å². The minimum Gasteiger partial charge on any atom is -0.481 e. The lowest BCUT2D eigenvalue weighted by molar-refractivity contribution is -0.137. The van der Waals surface area contributed by atoms with Crippen LogP contribution in [-0.4, -0.2) is 34.7 Å². The molecule has 0 aliphatic heterocycles. The fourth-order valence-electron chi connectivity index (χ4n) is 3.14. The molecule has 0 aliphatic carbocycles. The normalized spacial score (nSPS) is 13.3. The Kier molecular flexibility index (Phi) is 12.4. The van der Waals surface area contributed by atoms with Crippen LogP contribution < -0.4 is 0 Å². The number of ketones is 1. The number of aliphatic carboxylic acids is 1. The number of carbonyl (C=O) groups is 2.